The number of halogens is 3. The van der Waals surface area contributed by atoms with E-state index in [4.69, 9.17) is 27.9 Å². The number of benzene rings is 3. The van der Waals surface area contributed by atoms with Gasteiger partial charge in [0.1, 0.15) is 11.8 Å². The van der Waals surface area contributed by atoms with Crippen molar-refractivity contribution in [1.29, 1.82) is 0 Å². The summed E-state index contributed by atoms with van der Waals surface area (Å²) in [7, 11) is 0. The van der Waals surface area contributed by atoms with E-state index in [9.17, 15) is 9.59 Å². The molecule has 0 saturated carbocycles. The zero-order chi connectivity index (χ0) is 26.1. The van der Waals surface area contributed by atoms with Gasteiger partial charge in [0.05, 0.1) is 0 Å². The van der Waals surface area contributed by atoms with Gasteiger partial charge in [-0.05, 0) is 60.4 Å². The van der Waals surface area contributed by atoms with Gasteiger partial charge in [0.2, 0.25) is 5.91 Å². The van der Waals surface area contributed by atoms with Gasteiger partial charge in [-0.2, -0.15) is 0 Å². The highest BCUT2D eigenvalue weighted by molar-refractivity contribution is 9.10. The van der Waals surface area contributed by atoms with Gasteiger partial charge in [0, 0.05) is 34.0 Å². The van der Waals surface area contributed by atoms with E-state index in [0.29, 0.717) is 34.3 Å². The summed E-state index contributed by atoms with van der Waals surface area (Å²) in [5, 5.41) is 3.88. The number of nitrogens with zero attached hydrogens (tertiary/aromatic N) is 1. The Morgan fingerprint density at radius 2 is 1.81 bits per heavy atom. The molecule has 1 N–H and O–H groups in total. The molecule has 0 heterocycles. The lowest BCUT2D eigenvalue weighted by molar-refractivity contribution is -0.142. The zero-order valence-corrected chi connectivity index (χ0v) is 23.4. The van der Waals surface area contributed by atoms with Crippen LogP contribution in [0, 0.1) is 6.92 Å². The van der Waals surface area contributed by atoms with Crippen molar-refractivity contribution < 1.29 is 14.3 Å². The van der Waals surface area contributed by atoms with E-state index in [1.165, 1.54) is 0 Å². The highest BCUT2D eigenvalue weighted by Gasteiger charge is 2.31. The molecule has 0 unspecified atom stereocenters. The number of hydrogen-bond donors (Lipinski definition) is 1. The van der Waals surface area contributed by atoms with Crippen LogP contribution < -0.4 is 10.1 Å². The molecule has 3 rings (SSSR count). The Balaban J connectivity index is 1.92. The van der Waals surface area contributed by atoms with Crippen LogP contribution >= 0.6 is 39.1 Å². The predicted molar refractivity (Wildman–Crippen MR) is 149 cm³/mol. The zero-order valence-electron chi connectivity index (χ0n) is 20.3. The van der Waals surface area contributed by atoms with Crippen molar-refractivity contribution in [3.05, 3.63) is 97.9 Å². The van der Waals surface area contributed by atoms with Gasteiger partial charge in [-0.1, -0.05) is 82.5 Å². The van der Waals surface area contributed by atoms with Crippen LogP contribution in [0.5, 0.6) is 5.75 Å². The molecule has 0 fully saturated rings. The summed E-state index contributed by atoms with van der Waals surface area (Å²) < 4.78 is 6.79. The molecular formula is C28H29BrCl2N2O3. The third kappa shape index (κ3) is 7.99. The number of ether oxygens (including phenoxy) is 1. The number of hydrogen-bond acceptors (Lipinski definition) is 3. The average Bonchev–Trinajstić information content (AvgIpc) is 2.87. The second-order valence-electron chi connectivity index (χ2n) is 8.45. The van der Waals surface area contributed by atoms with E-state index in [-0.39, 0.29) is 25.0 Å². The molecule has 1 atom stereocenters. The van der Waals surface area contributed by atoms with Crippen LogP contribution in [0.25, 0.3) is 0 Å². The average molecular weight is 592 g/mol. The summed E-state index contributed by atoms with van der Waals surface area (Å²) in [5.74, 6) is 0.0244. The number of carbonyl (C=O) groups is 2. The monoisotopic (exact) mass is 590 g/mol. The smallest absolute Gasteiger partial charge is 0.261 e. The topological polar surface area (TPSA) is 58.6 Å². The fraction of sp³-hybridized carbons (Fsp3) is 0.286. The SMILES string of the molecule is CCCNC(=O)[C@@H](Cc1ccccc1)N(Cc1ccc(Cl)cc1Cl)C(=O)COc1ccc(Br)c(C)c1. The largest absolute Gasteiger partial charge is 0.484 e. The minimum absolute atomic E-state index is 0.134. The van der Waals surface area contributed by atoms with Crippen molar-refractivity contribution in [2.45, 2.75) is 39.3 Å². The van der Waals surface area contributed by atoms with Crippen molar-refractivity contribution in [2.24, 2.45) is 0 Å². The Labute approximate surface area is 230 Å². The van der Waals surface area contributed by atoms with Crippen molar-refractivity contribution >= 4 is 50.9 Å². The van der Waals surface area contributed by atoms with E-state index in [0.717, 1.165) is 22.0 Å². The van der Waals surface area contributed by atoms with Crippen LogP contribution in [-0.2, 0) is 22.6 Å². The highest BCUT2D eigenvalue weighted by Crippen LogP contribution is 2.25. The summed E-state index contributed by atoms with van der Waals surface area (Å²) in [6.45, 7) is 4.36. The van der Waals surface area contributed by atoms with Gasteiger partial charge in [-0.3, -0.25) is 9.59 Å². The number of aryl methyl sites for hydroxylation is 1. The van der Waals surface area contributed by atoms with E-state index in [2.05, 4.69) is 21.2 Å². The molecule has 0 bridgehead atoms. The number of amides is 2. The lowest BCUT2D eigenvalue weighted by atomic mass is 10.0. The van der Waals surface area contributed by atoms with Crippen molar-refractivity contribution in [1.82, 2.24) is 10.2 Å². The second-order valence-corrected chi connectivity index (χ2v) is 10.2. The van der Waals surface area contributed by atoms with Gasteiger partial charge in [-0.15, -0.1) is 0 Å². The molecule has 0 spiro atoms. The van der Waals surface area contributed by atoms with Crippen molar-refractivity contribution in [3.8, 4) is 5.75 Å². The third-order valence-electron chi connectivity index (χ3n) is 5.67. The van der Waals surface area contributed by atoms with Crippen LogP contribution in [0.4, 0.5) is 0 Å². The van der Waals surface area contributed by atoms with Crippen LogP contribution in [0.15, 0.2) is 71.2 Å². The van der Waals surface area contributed by atoms with Gasteiger partial charge in [0.25, 0.3) is 5.91 Å². The molecule has 8 heteroatoms. The maximum atomic E-state index is 13.6. The molecule has 0 aliphatic rings. The normalized spacial score (nSPS) is 11.6. The maximum absolute atomic E-state index is 13.6. The predicted octanol–water partition coefficient (Wildman–Crippen LogP) is 6.61. The number of rotatable bonds is 11. The van der Waals surface area contributed by atoms with E-state index in [1.54, 1.807) is 29.2 Å². The molecule has 5 nitrogen and oxygen atoms in total. The van der Waals surface area contributed by atoms with Gasteiger partial charge in [0.15, 0.2) is 6.61 Å². The molecule has 36 heavy (non-hydrogen) atoms. The fourth-order valence-corrected chi connectivity index (χ4v) is 4.40. The van der Waals surface area contributed by atoms with Gasteiger partial charge < -0.3 is 15.0 Å². The molecule has 2 amide bonds. The maximum Gasteiger partial charge on any atom is 0.261 e. The van der Waals surface area contributed by atoms with E-state index >= 15 is 0 Å². The fourth-order valence-electron chi connectivity index (χ4n) is 3.69. The third-order valence-corrected chi connectivity index (χ3v) is 7.14. The Kier molecular flexibility index (Phi) is 10.7. The standard InChI is InChI=1S/C28H29BrCl2N2O3/c1-3-13-32-28(35)26(15-20-7-5-4-6-8-20)33(17-21-9-10-22(30)16-25(21)31)27(34)18-36-23-11-12-24(29)19(2)14-23/h4-12,14,16,26H,3,13,15,17-18H2,1-2H3,(H,32,35)/t26-/m1/s1. The highest BCUT2D eigenvalue weighted by atomic mass is 79.9. The molecular weight excluding hydrogens is 563 g/mol. The first-order chi connectivity index (χ1) is 17.3. The Hall–Kier alpha value is -2.54. The summed E-state index contributed by atoms with van der Waals surface area (Å²) in [5.41, 5.74) is 2.62. The second kappa shape index (κ2) is 13.7. The molecule has 3 aromatic carbocycles. The van der Waals surface area contributed by atoms with Gasteiger partial charge >= 0.3 is 0 Å². The van der Waals surface area contributed by atoms with Crippen LogP contribution in [-0.4, -0.2) is 35.9 Å². The first kappa shape index (κ1) is 28.0. The van der Waals surface area contributed by atoms with Crippen molar-refractivity contribution in [3.63, 3.8) is 0 Å². The minimum atomic E-state index is -0.756. The van der Waals surface area contributed by atoms with E-state index < -0.39 is 6.04 Å². The summed E-state index contributed by atoms with van der Waals surface area (Å²) in [4.78, 5) is 28.5. The molecule has 0 aliphatic carbocycles. The number of nitrogens with one attached hydrogen (secondary N) is 1. The van der Waals surface area contributed by atoms with Crippen LogP contribution in [0.2, 0.25) is 10.0 Å². The molecule has 0 saturated heterocycles. The number of carbonyl (C=O) groups excluding carboxylic acids is 2. The molecule has 0 radical (unpaired) electrons. The Bertz CT molecular complexity index is 1190. The van der Waals surface area contributed by atoms with Gasteiger partial charge in [-0.25, -0.2) is 0 Å². The Morgan fingerprint density at radius 1 is 1.06 bits per heavy atom. The lowest BCUT2D eigenvalue weighted by Gasteiger charge is -2.31. The summed E-state index contributed by atoms with van der Waals surface area (Å²) in [6.07, 6.45) is 1.14. The summed E-state index contributed by atoms with van der Waals surface area (Å²) >= 11 is 16.0. The molecule has 190 valence electrons. The first-order valence-electron chi connectivity index (χ1n) is 11.7. The first-order valence-corrected chi connectivity index (χ1v) is 13.3. The Morgan fingerprint density at radius 3 is 2.47 bits per heavy atom. The quantitative estimate of drug-likeness (QED) is 0.273. The molecule has 0 aromatic heterocycles. The minimum Gasteiger partial charge on any atom is -0.484 e. The summed E-state index contributed by atoms with van der Waals surface area (Å²) in [6, 6.07) is 19.5. The van der Waals surface area contributed by atoms with E-state index in [1.807, 2.05) is 56.3 Å². The van der Waals surface area contributed by atoms with Crippen LogP contribution in [0.3, 0.4) is 0 Å². The van der Waals surface area contributed by atoms with Crippen LogP contribution in [0.1, 0.15) is 30.0 Å². The molecule has 3 aromatic rings. The molecule has 0 aliphatic heterocycles. The lowest BCUT2D eigenvalue weighted by Crippen LogP contribution is -2.51. The van der Waals surface area contributed by atoms with Crippen molar-refractivity contribution in [2.75, 3.05) is 13.2 Å².